The summed E-state index contributed by atoms with van der Waals surface area (Å²) in [5.74, 6) is -1.62. The van der Waals surface area contributed by atoms with Crippen LogP contribution in [-0.2, 0) is 38.3 Å². The molecule has 0 spiro atoms. The van der Waals surface area contributed by atoms with Gasteiger partial charge < -0.3 is 24.7 Å². The van der Waals surface area contributed by atoms with Crippen molar-refractivity contribution < 1.29 is 37.0 Å². The number of amides is 2. The minimum atomic E-state index is -4.46. The third-order valence-corrected chi connectivity index (χ3v) is 6.30. The van der Waals surface area contributed by atoms with Crippen molar-refractivity contribution in [3.8, 4) is 0 Å². The Bertz CT molecular complexity index is 1270. The molecule has 2 heterocycles. The highest BCUT2D eigenvalue weighted by molar-refractivity contribution is 5.96. The third kappa shape index (κ3) is 7.23. The summed E-state index contributed by atoms with van der Waals surface area (Å²) in [6, 6.07) is 12.1. The number of aromatic nitrogens is 2. The molecule has 0 bridgehead atoms. The highest BCUT2D eigenvalue weighted by Gasteiger charge is 2.39. The number of imidazole rings is 1. The number of alkyl halides is 3. The standard InChI is InChI=1S/C27H27F3N4O5/c1-17(24(36)33-21-13-23(35)39-26(21)38-15-19-5-3-2-4-6-19)34(25(37)22-14-31-16-32-22)12-11-18-7-9-20(10-8-18)27(28,29)30/h2-10,14,16-17,21,26H,11-13,15H2,1H3,(H,31,32)(H,33,36)/t17-,21?,26?/m0/s1. The average Bonchev–Trinajstić information content (AvgIpc) is 3.57. The number of nitrogens with one attached hydrogen (secondary N) is 2. The number of cyclic esters (lactones) is 1. The molecule has 2 amide bonds. The molecule has 12 heteroatoms. The number of nitrogens with zero attached hydrogens (tertiary/aromatic N) is 2. The predicted molar refractivity (Wildman–Crippen MR) is 132 cm³/mol. The van der Waals surface area contributed by atoms with Crippen molar-refractivity contribution in [3.63, 3.8) is 0 Å². The number of ether oxygens (including phenoxy) is 2. The number of H-pyrrole nitrogens is 1. The predicted octanol–water partition coefficient (Wildman–Crippen LogP) is 3.48. The van der Waals surface area contributed by atoms with Gasteiger partial charge in [0.05, 0.1) is 24.9 Å². The van der Waals surface area contributed by atoms with Crippen LogP contribution in [0.1, 0.15) is 40.5 Å². The number of halogens is 3. The minimum absolute atomic E-state index is 0.0275. The molecule has 3 atom stereocenters. The molecule has 39 heavy (non-hydrogen) atoms. The van der Waals surface area contributed by atoms with Crippen molar-refractivity contribution in [3.05, 3.63) is 89.5 Å². The van der Waals surface area contributed by atoms with Gasteiger partial charge in [0.25, 0.3) is 5.91 Å². The molecule has 3 aromatic rings. The smallest absolute Gasteiger partial charge is 0.416 e. The van der Waals surface area contributed by atoms with Crippen molar-refractivity contribution in [2.45, 2.75) is 50.9 Å². The zero-order chi connectivity index (χ0) is 28.0. The van der Waals surface area contributed by atoms with Crippen molar-refractivity contribution in [1.82, 2.24) is 20.2 Å². The lowest BCUT2D eigenvalue weighted by Crippen LogP contribution is -2.52. The maximum absolute atomic E-state index is 13.2. The fourth-order valence-corrected chi connectivity index (χ4v) is 4.11. The minimum Gasteiger partial charge on any atom is -0.433 e. The highest BCUT2D eigenvalue weighted by atomic mass is 19.4. The Balaban J connectivity index is 1.43. The van der Waals surface area contributed by atoms with Gasteiger partial charge in [0.15, 0.2) is 0 Å². The number of carbonyl (C=O) groups excluding carboxylic acids is 3. The molecule has 0 saturated carbocycles. The first kappa shape index (κ1) is 27.8. The number of benzene rings is 2. The van der Waals surface area contributed by atoms with Crippen LogP contribution in [0, 0.1) is 0 Å². The molecule has 4 rings (SSSR count). The van der Waals surface area contributed by atoms with E-state index in [1.54, 1.807) is 0 Å². The summed E-state index contributed by atoms with van der Waals surface area (Å²) in [5.41, 5.74) is 0.712. The highest BCUT2D eigenvalue weighted by Crippen LogP contribution is 2.29. The van der Waals surface area contributed by atoms with Gasteiger partial charge in [-0.15, -0.1) is 0 Å². The van der Waals surface area contributed by atoms with Crippen LogP contribution in [-0.4, -0.2) is 57.6 Å². The molecule has 1 aliphatic heterocycles. The first-order valence-electron chi connectivity index (χ1n) is 12.2. The second-order valence-corrected chi connectivity index (χ2v) is 9.05. The normalized spacial score (nSPS) is 17.9. The van der Waals surface area contributed by atoms with E-state index < -0.39 is 47.9 Å². The van der Waals surface area contributed by atoms with Crippen molar-refractivity contribution in [2.75, 3.05) is 6.54 Å². The summed E-state index contributed by atoms with van der Waals surface area (Å²) in [4.78, 5) is 46.3. The van der Waals surface area contributed by atoms with E-state index in [4.69, 9.17) is 9.47 Å². The van der Waals surface area contributed by atoms with Gasteiger partial charge in [-0.25, -0.2) is 4.98 Å². The molecule has 1 fully saturated rings. The van der Waals surface area contributed by atoms with Crippen LogP contribution in [0.5, 0.6) is 0 Å². The lowest BCUT2D eigenvalue weighted by molar-refractivity contribution is -0.168. The van der Waals surface area contributed by atoms with Gasteiger partial charge in [-0.3, -0.25) is 14.4 Å². The van der Waals surface area contributed by atoms with E-state index in [0.717, 1.165) is 17.7 Å². The molecule has 1 saturated heterocycles. The number of aromatic amines is 1. The molecule has 0 aliphatic carbocycles. The largest absolute Gasteiger partial charge is 0.433 e. The average molecular weight is 545 g/mol. The Morgan fingerprint density at radius 3 is 2.51 bits per heavy atom. The Kier molecular flexibility index (Phi) is 8.65. The molecular formula is C27H27F3N4O5. The zero-order valence-corrected chi connectivity index (χ0v) is 21.0. The Labute approximate surface area is 222 Å². The van der Waals surface area contributed by atoms with E-state index >= 15 is 0 Å². The van der Waals surface area contributed by atoms with Gasteiger partial charge in [-0.1, -0.05) is 42.5 Å². The van der Waals surface area contributed by atoms with E-state index in [9.17, 15) is 27.6 Å². The van der Waals surface area contributed by atoms with E-state index in [2.05, 4.69) is 15.3 Å². The van der Waals surface area contributed by atoms with Gasteiger partial charge >= 0.3 is 12.1 Å². The number of hydrogen-bond acceptors (Lipinski definition) is 6. The van der Waals surface area contributed by atoms with Crippen molar-refractivity contribution >= 4 is 17.8 Å². The first-order chi connectivity index (χ1) is 18.6. The van der Waals surface area contributed by atoms with E-state index in [1.165, 1.54) is 36.5 Å². The van der Waals surface area contributed by atoms with Crippen molar-refractivity contribution in [2.24, 2.45) is 0 Å². The van der Waals surface area contributed by atoms with Crippen LogP contribution >= 0.6 is 0 Å². The molecule has 2 aromatic carbocycles. The Hall–Kier alpha value is -4.19. The fourth-order valence-electron chi connectivity index (χ4n) is 4.11. The summed E-state index contributed by atoms with van der Waals surface area (Å²) in [7, 11) is 0. The van der Waals surface area contributed by atoms with Gasteiger partial charge in [0.1, 0.15) is 17.8 Å². The topological polar surface area (TPSA) is 114 Å². The van der Waals surface area contributed by atoms with E-state index in [0.29, 0.717) is 5.56 Å². The molecule has 0 radical (unpaired) electrons. The SMILES string of the molecule is C[C@@H](C(=O)NC1CC(=O)OC1OCc1ccccc1)N(CCc1ccc(C(F)(F)F)cc1)C(=O)c1c[nH]cn1. The molecule has 206 valence electrons. The lowest BCUT2D eigenvalue weighted by Gasteiger charge is -2.29. The van der Waals surface area contributed by atoms with Crippen LogP contribution in [0.2, 0.25) is 0 Å². The van der Waals surface area contributed by atoms with Crippen LogP contribution in [0.4, 0.5) is 13.2 Å². The van der Waals surface area contributed by atoms with E-state index in [1.807, 2.05) is 30.3 Å². The van der Waals surface area contributed by atoms with Gasteiger partial charge in [-0.2, -0.15) is 13.2 Å². The first-order valence-corrected chi connectivity index (χ1v) is 12.2. The second kappa shape index (κ2) is 12.1. The Morgan fingerprint density at radius 2 is 1.87 bits per heavy atom. The van der Waals surface area contributed by atoms with Crippen LogP contribution in [0.15, 0.2) is 67.1 Å². The van der Waals surface area contributed by atoms with Crippen LogP contribution in [0.25, 0.3) is 0 Å². The Morgan fingerprint density at radius 1 is 1.15 bits per heavy atom. The van der Waals surface area contributed by atoms with Crippen LogP contribution < -0.4 is 5.32 Å². The molecule has 9 nitrogen and oxygen atoms in total. The second-order valence-electron chi connectivity index (χ2n) is 9.05. The number of hydrogen-bond donors (Lipinski definition) is 2. The van der Waals surface area contributed by atoms with Gasteiger partial charge in [-0.05, 0) is 36.6 Å². The number of rotatable bonds is 10. The molecular weight excluding hydrogens is 517 g/mol. The lowest BCUT2D eigenvalue weighted by atomic mass is 10.1. The monoisotopic (exact) mass is 544 g/mol. The molecule has 1 aromatic heterocycles. The summed E-state index contributed by atoms with van der Waals surface area (Å²) < 4.78 is 49.7. The number of esters is 1. The fraction of sp³-hybridized carbons (Fsp3) is 0.333. The zero-order valence-electron chi connectivity index (χ0n) is 21.0. The summed E-state index contributed by atoms with van der Waals surface area (Å²) in [5, 5.41) is 2.74. The molecule has 1 aliphatic rings. The number of carbonyl (C=O) groups is 3. The van der Waals surface area contributed by atoms with E-state index in [-0.39, 0.29) is 31.7 Å². The van der Waals surface area contributed by atoms with Crippen LogP contribution in [0.3, 0.4) is 0 Å². The quantitative estimate of drug-likeness (QED) is 0.378. The maximum Gasteiger partial charge on any atom is 0.416 e. The van der Waals surface area contributed by atoms with Gasteiger partial charge in [0, 0.05) is 12.7 Å². The molecule has 2 unspecified atom stereocenters. The third-order valence-electron chi connectivity index (χ3n) is 6.30. The van der Waals surface area contributed by atoms with Crippen molar-refractivity contribution in [1.29, 1.82) is 0 Å². The summed E-state index contributed by atoms with van der Waals surface area (Å²) >= 11 is 0. The summed E-state index contributed by atoms with van der Waals surface area (Å²) in [6.07, 6.45) is -2.66. The van der Waals surface area contributed by atoms with Gasteiger partial charge in [0.2, 0.25) is 12.2 Å². The molecule has 2 N–H and O–H groups in total. The summed E-state index contributed by atoms with van der Waals surface area (Å²) in [6.45, 7) is 1.71. The maximum atomic E-state index is 13.2.